The predicted molar refractivity (Wildman–Crippen MR) is 75.4 cm³/mol. The third-order valence-corrected chi connectivity index (χ3v) is 5.02. The zero-order valence-electron chi connectivity index (χ0n) is 11.6. The van der Waals surface area contributed by atoms with Crippen molar-refractivity contribution in [1.29, 1.82) is 0 Å². The minimum atomic E-state index is -0.625. The summed E-state index contributed by atoms with van der Waals surface area (Å²) in [6, 6.07) is 0.947. The molecule has 0 amide bonds. The fraction of sp³-hybridized carbons (Fsp3) is 0.786. The van der Waals surface area contributed by atoms with Crippen molar-refractivity contribution in [2.24, 2.45) is 7.05 Å². The normalized spacial score (nSPS) is 33.9. The quantitative estimate of drug-likeness (QED) is 0.890. The second-order valence-corrected chi connectivity index (χ2v) is 6.51. The van der Waals surface area contributed by atoms with Gasteiger partial charge < -0.3 is 10.4 Å². The van der Waals surface area contributed by atoms with E-state index in [0.717, 1.165) is 35.7 Å². The lowest BCUT2D eigenvalue weighted by molar-refractivity contribution is -0.00753. The molecule has 106 valence electrons. The van der Waals surface area contributed by atoms with Gasteiger partial charge in [-0.05, 0) is 32.1 Å². The maximum atomic E-state index is 10.9. The lowest BCUT2D eigenvalue weighted by Crippen LogP contribution is -2.49. The van der Waals surface area contributed by atoms with Gasteiger partial charge in [0.15, 0.2) is 0 Å². The molecule has 0 aromatic carbocycles. The Morgan fingerprint density at radius 2 is 2.05 bits per heavy atom. The van der Waals surface area contributed by atoms with Crippen molar-refractivity contribution < 1.29 is 5.11 Å². The first-order valence-corrected chi connectivity index (χ1v) is 7.57. The fourth-order valence-electron chi connectivity index (χ4n) is 3.69. The average Bonchev–Trinajstić information content (AvgIpc) is 2.83. The van der Waals surface area contributed by atoms with Gasteiger partial charge in [-0.3, -0.25) is 4.68 Å². The lowest BCUT2D eigenvalue weighted by Gasteiger charge is -2.37. The minimum absolute atomic E-state index is 0.474. The summed E-state index contributed by atoms with van der Waals surface area (Å²) in [6.45, 7) is 2.05. The Bertz CT molecular complexity index is 473. The van der Waals surface area contributed by atoms with Gasteiger partial charge in [-0.25, -0.2) is 0 Å². The van der Waals surface area contributed by atoms with Crippen LogP contribution in [0.2, 0.25) is 5.02 Å². The van der Waals surface area contributed by atoms with Crippen molar-refractivity contribution in [3.8, 4) is 0 Å². The summed E-state index contributed by atoms with van der Waals surface area (Å²) in [6.07, 6.45) is 5.47. The standard InChI is InChI=1S/C14H22ClN3O/c1-3-11-13(15)12(18(2)17-11)8-14(19)6-9-4-5-10(7-14)16-9/h9-10,16,19H,3-8H2,1-2H3. The van der Waals surface area contributed by atoms with Crippen LogP contribution < -0.4 is 5.32 Å². The highest BCUT2D eigenvalue weighted by Crippen LogP contribution is 2.37. The molecule has 2 fully saturated rings. The maximum absolute atomic E-state index is 10.9. The number of piperidine rings is 1. The number of hydrogen-bond donors (Lipinski definition) is 2. The molecule has 2 aliphatic heterocycles. The molecular formula is C14H22ClN3O. The number of nitrogens with one attached hydrogen (secondary N) is 1. The third kappa shape index (κ3) is 2.41. The van der Waals surface area contributed by atoms with Gasteiger partial charge in [-0.15, -0.1) is 0 Å². The zero-order valence-corrected chi connectivity index (χ0v) is 12.4. The van der Waals surface area contributed by atoms with Gasteiger partial charge in [0.05, 0.1) is 22.0 Å². The number of halogens is 1. The van der Waals surface area contributed by atoms with Crippen LogP contribution in [-0.2, 0) is 19.9 Å². The number of fused-ring (bicyclic) bond motifs is 2. The van der Waals surface area contributed by atoms with Crippen LogP contribution in [0.5, 0.6) is 0 Å². The molecule has 2 atom stereocenters. The summed E-state index contributed by atoms with van der Waals surface area (Å²) in [5.41, 5.74) is 1.28. The first kappa shape index (κ1) is 13.4. The summed E-state index contributed by atoms with van der Waals surface area (Å²) >= 11 is 6.39. The van der Waals surface area contributed by atoms with E-state index in [1.54, 1.807) is 0 Å². The van der Waals surface area contributed by atoms with Crippen LogP contribution >= 0.6 is 11.6 Å². The molecule has 0 spiro atoms. The highest BCUT2D eigenvalue weighted by atomic mass is 35.5. The molecule has 2 bridgehead atoms. The number of aliphatic hydroxyl groups is 1. The van der Waals surface area contributed by atoms with E-state index in [2.05, 4.69) is 17.3 Å². The second kappa shape index (κ2) is 4.76. The molecule has 2 saturated heterocycles. The van der Waals surface area contributed by atoms with Crippen LogP contribution in [0, 0.1) is 0 Å². The summed E-state index contributed by atoms with van der Waals surface area (Å²) in [4.78, 5) is 0. The Balaban J connectivity index is 1.83. The number of rotatable bonds is 3. The van der Waals surface area contributed by atoms with Gasteiger partial charge in [0.25, 0.3) is 0 Å². The molecule has 1 aromatic rings. The van der Waals surface area contributed by atoms with Gasteiger partial charge in [-0.2, -0.15) is 5.10 Å². The molecule has 1 aromatic heterocycles. The molecule has 2 unspecified atom stereocenters. The number of hydrogen-bond acceptors (Lipinski definition) is 3. The van der Waals surface area contributed by atoms with Crippen molar-refractivity contribution >= 4 is 11.6 Å². The molecule has 4 nitrogen and oxygen atoms in total. The van der Waals surface area contributed by atoms with Gasteiger partial charge in [0.1, 0.15) is 0 Å². The van der Waals surface area contributed by atoms with E-state index in [-0.39, 0.29) is 0 Å². The Morgan fingerprint density at radius 1 is 1.42 bits per heavy atom. The van der Waals surface area contributed by atoms with Gasteiger partial charge in [0.2, 0.25) is 0 Å². The van der Waals surface area contributed by atoms with Crippen LogP contribution in [0.1, 0.15) is 44.0 Å². The highest BCUT2D eigenvalue weighted by molar-refractivity contribution is 6.31. The van der Waals surface area contributed by atoms with Crippen molar-refractivity contribution in [2.75, 3.05) is 0 Å². The first-order chi connectivity index (χ1) is 9.00. The molecule has 5 heteroatoms. The Hall–Kier alpha value is -0.580. The van der Waals surface area contributed by atoms with E-state index >= 15 is 0 Å². The molecule has 0 saturated carbocycles. The van der Waals surface area contributed by atoms with Gasteiger partial charge >= 0.3 is 0 Å². The molecule has 3 heterocycles. The Morgan fingerprint density at radius 3 is 2.58 bits per heavy atom. The Labute approximate surface area is 119 Å². The van der Waals surface area contributed by atoms with Gasteiger partial charge in [-0.1, -0.05) is 18.5 Å². The van der Waals surface area contributed by atoms with Crippen LogP contribution in [-0.4, -0.2) is 32.6 Å². The van der Waals surface area contributed by atoms with E-state index < -0.39 is 5.60 Å². The first-order valence-electron chi connectivity index (χ1n) is 7.19. The van der Waals surface area contributed by atoms with E-state index in [1.807, 2.05) is 11.7 Å². The second-order valence-electron chi connectivity index (χ2n) is 6.13. The van der Waals surface area contributed by atoms with E-state index in [9.17, 15) is 5.11 Å². The molecule has 0 aliphatic carbocycles. The molecular weight excluding hydrogens is 262 g/mol. The summed E-state index contributed by atoms with van der Waals surface area (Å²) < 4.78 is 1.84. The smallest absolute Gasteiger partial charge is 0.0850 e. The fourth-order valence-corrected chi connectivity index (χ4v) is 4.05. The van der Waals surface area contributed by atoms with Crippen LogP contribution in [0.4, 0.5) is 0 Å². The number of aryl methyl sites for hydroxylation is 2. The monoisotopic (exact) mass is 283 g/mol. The van der Waals surface area contributed by atoms with Crippen LogP contribution in [0.3, 0.4) is 0 Å². The molecule has 2 aliphatic rings. The predicted octanol–water partition coefficient (Wildman–Crippen LogP) is 1.82. The number of nitrogens with zero attached hydrogens (tertiary/aromatic N) is 2. The lowest BCUT2D eigenvalue weighted by atomic mass is 9.83. The Kier molecular flexibility index (Phi) is 3.36. The molecule has 3 rings (SSSR count). The minimum Gasteiger partial charge on any atom is -0.389 e. The van der Waals surface area contributed by atoms with Crippen LogP contribution in [0.25, 0.3) is 0 Å². The topological polar surface area (TPSA) is 50.1 Å². The van der Waals surface area contributed by atoms with Crippen molar-refractivity contribution in [1.82, 2.24) is 15.1 Å². The number of aromatic nitrogens is 2. The maximum Gasteiger partial charge on any atom is 0.0850 e. The molecule has 2 N–H and O–H groups in total. The summed E-state index contributed by atoms with van der Waals surface area (Å²) in [5, 5.41) is 19.6. The third-order valence-electron chi connectivity index (χ3n) is 4.59. The summed E-state index contributed by atoms with van der Waals surface area (Å²) in [7, 11) is 1.92. The van der Waals surface area contributed by atoms with E-state index in [0.29, 0.717) is 18.5 Å². The average molecular weight is 284 g/mol. The van der Waals surface area contributed by atoms with E-state index in [4.69, 9.17) is 11.6 Å². The highest BCUT2D eigenvalue weighted by Gasteiger charge is 2.43. The SMILES string of the molecule is CCc1nn(C)c(CC2(O)CC3CCC(C2)N3)c1Cl. The largest absolute Gasteiger partial charge is 0.389 e. The van der Waals surface area contributed by atoms with Crippen LogP contribution in [0.15, 0.2) is 0 Å². The van der Waals surface area contributed by atoms with E-state index in [1.165, 1.54) is 12.8 Å². The van der Waals surface area contributed by atoms with Gasteiger partial charge in [0, 0.05) is 25.6 Å². The van der Waals surface area contributed by atoms with Crippen molar-refractivity contribution in [3.63, 3.8) is 0 Å². The van der Waals surface area contributed by atoms with Crippen molar-refractivity contribution in [3.05, 3.63) is 16.4 Å². The summed E-state index contributed by atoms with van der Waals surface area (Å²) in [5.74, 6) is 0. The zero-order chi connectivity index (χ0) is 13.6. The molecule has 19 heavy (non-hydrogen) atoms. The van der Waals surface area contributed by atoms with Crippen molar-refractivity contribution in [2.45, 2.75) is 63.1 Å². The molecule has 0 radical (unpaired) electrons.